The van der Waals surface area contributed by atoms with Crippen LogP contribution in [0.3, 0.4) is 0 Å². The number of primary amides is 1. The lowest BCUT2D eigenvalue weighted by molar-refractivity contribution is -0.498. The Kier molecular flexibility index (Phi) is 5.78. The lowest BCUT2D eigenvalue weighted by Gasteiger charge is -2.17. The lowest BCUT2D eigenvalue weighted by atomic mass is 10.5. The minimum Gasteiger partial charge on any atom is -0.395 e. The van der Waals surface area contributed by atoms with Gasteiger partial charge in [-0.05, 0) is 6.92 Å². The van der Waals surface area contributed by atoms with Crippen LogP contribution >= 0.6 is 0 Å². The van der Waals surface area contributed by atoms with E-state index >= 15 is 0 Å². The van der Waals surface area contributed by atoms with Crippen molar-refractivity contribution in [3.63, 3.8) is 0 Å². The van der Waals surface area contributed by atoms with E-state index in [0.29, 0.717) is 19.7 Å². The average molecular weight is 160 g/mol. The standard InChI is InChI=1S/C7H16N2O2/c1-4-9(5-6-11-3)7(10)8-2/h2,4-6,8H2,1,3H3. The average Bonchev–Trinajstić information content (AvgIpc) is 2.05. The largest absolute Gasteiger partial charge is 0.395 e. The van der Waals surface area contributed by atoms with Crippen molar-refractivity contribution in [2.24, 2.45) is 0 Å². The Morgan fingerprint density at radius 1 is 1.73 bits per heavy atom. The summed E-state index contributed by atoms with van der Waals surface area (Å²) < 4.78 is 4.84. The molecule has 0 aromatic heterocycles. The molecular weight excluding hydrogens is 144 g/mol. The van der Waals surface area contributed by atoms with E-state index < -0.39 is 0 Å². The predicted octanol–water partition coefficient (Wildman–Crippen LogP) is -0.570. The summed E-state index contributed by atoms with van der Waals surface area (Å²) in [5.41, 5.74) is 0. The zero-order valence-electron chi connectivity index (χ0n) is 7.17. The molecule has 0 spiro atoms. The summed E-state index contributed by atoms with van der Waals surface area (Å²) in [4.78, 5) is 12.7. The highest BCUT2D eigenvalue weighted by molar-refractivity contribution is 5.63. The van der Waals surface area contributed by atoms with E-state index in [4.69, 9.17) is 4.74 Å². The van der Waals surface area contributed by atoms with Gasteiger partial charge in [-0.3, -0.25) is 4.90 Å². The molecule has 0 radical (unpaired) electrons. The molecule has 0 aromatic rings. The summed E-state index contributed by atoms with van der Waals surface area (Å²) in [5.74, 6) is 0. The third-order valence-electron chi connectivity index (χ3n) is 1.43. The number of nitrogens with two attached hydrogens (primary N) is 1. The van der Waals surface area contributed by atoms with Crippen molar-refractivity contribution in [3.05, 3.63) is 7.05 Å². The van der Waals surface area contributed by atoms with Crippen LogP contribution in [0.25, 0.3) is 0 Å². The third kappa shape index (κ3) is 3.95. The first-order chi connectivity index (χ1) is 5.26. The first-order valence-corrected chi connectivity index (χ1v) is 3.66. The van der Waals surface area contributed by atoms with Gasteiger partial charge < -0.3 is 10.1 Å². The van der Waals surface area contributed by atoms with Crippen molar-refractivity contribution >= 4 is 6.03 Å². The Labute approximate surface area is 67.5 Å². The molecule has 0 atom stereocenters. The van der Waals surface area contributed by atoms with Gasteiger partial charge in [-0.25, -0.2) is 4.79 Å². The zero-order valence-corrected chi connectivity index (χ0v) is 7.17. The first kappa shape index (κ1) is 10.4. The Morgan fingerprint density at radius 3 is 2.73 bits per heavy atom. The number of likely N-dealkylation sites (N-methyl/N-ethyl adjacent to an activating group) is 1. The maximum atomic E-state index is 11.0. The van der Waals surface area contributed by atoms with E-state index in [-0.39, 0.29) is 6.03 Å². The van der Waals surface area contributed by atoms with Crippen molar-refractivity contribution in [3.8, 4) is 0 Å². The number of carbonyl (C=O) groups is 1. The Hall–Kier alpha value is -0.610. The summed E-state index contributed by atoms with van der Waals surface area (Å²) in [5, 5.41) is 1.32. The highest BCUT2D eigenvalue weighted by Crippen LogP contribution is 1.84. The number of urea groups is 1. The number of ether oxygens (including phenoxy) is 1. The van der Waals surface area contributed by atoms with Crippen LogP contribution in [0.2, 0.25) is 0 Å². The Balaban J connectivity index is 3.65. The van der Waals surface area contributed by atoms with Crippen molar-refractivity contribution < 1.29 is 14.8 Å². The predicted molar refractivity (Wildman–Crippen MR) is 41.8 cm³/mol. The van der Waals surface area contributed by atoms with Crippen molar-refractivity contribution in [1.29, 1.82) is 0 Å². The number of methoxy groups -OCH3 is 1. The molecule has 2 amide bonds. The van der Waals surface area contributed by atoms with Gasteiger partial charge in [0.15, 0.2) is 0 Å². The van der Waals surface area contributed by atoms with Crippen LogP contribution in [-0.2, 0) is 4.74 Å². The number of rotatable bonds is 4. The number of quaternary nitrogens is 1. The topological polar surface area (TPSA) is 46.2 Å². The highest BCUT2D eigenvalue weighted by atomic mass is 16.5. The summed E-state index contributed by atoms with van der Waals surface area (Å²) in [6.45, 7) is 3.84. The fourth-order valence-corrected chi connectivity index (χ4v) is 0.755. The molecule has 11 heavy (non-hydrogen) atoms. The fraction of sp³-hybridized carbons (Fsp3) is 0.714. The molecule has 0 unspecified atom stereocenters. The second kappa shape index (κ2) is 6.12. The van der Waals surface area contributed by atoms with Gasteiger partial charge >= 0.3 is 6.03 Å². The third-order valence-corrected chi connectivity index (χ3v) is 1.43. The van der Waals surface area contributed by atoms with Crippen LogP contribution in [0, 0.1) is 7.05 Å². The quantitative estimate of drug-likeness (QED) is 0.560. The number of hydrogen-bond donors (Lipinski definition) is 1. The number of hydrogen-bond acceptors (Lipinski definition) is 2. The van der Waals surface area contributed by atoms with Crippen LogP contribution in [0.1, 0.15) is 6.92 Å². The van der Waals surface area contributed by atoms with Gasteiger partial charge in [0, 0.05) is 20.2 Å². The van der Waals surface area contributed by atoms with E-state index in [1.165, 1.54) is 5.32 Å². The highest BCUT2D eigenvalue weighted by Gasteiger charge is 2.09. The van der Waals surface area contributed by atoms with Gasteiger partial charge in [0.05, 0.1) is 6.61 Å². The molecule has 4 nitrogen and oxygen atoms in total. The minimum absolute atomic E-state index is 0.0375. The molecule has 66 valence electrons. The van der Waals surface area contributed by atoms with Crippen LogP contribution in [0.5, 0.6) is 0 Å². The molecule has 0 saturated carbocycles. The Bertz CT molecular complexity index is 117. The normalized spacial score (nSPS) is 9.73. The molecule has 4 heteroatoms. The van der Waals surface area contributed by atoms with Crippen LogP contribution in [0.15, 0.2) is 0 Å². The molecule has 0 saturated heterocycles. The first-order valence-electron chi connectivity index (χ1n) is 3.66. The second-order valence-corrected chi connectivity index (χ2v) is 2.11. The number of carbonyl (C=O) groups excluding carboxylic acids is 1. The summed E-state index contributed by atoms with van der Waals surface area (Å²) >= 11 is 0. The van der Waals surface area contributed by atoms with Crippen molar-refractivity contribution in [2.45, 2.75) is 6.92 Å². The lowest BCUT2D eigenvalue weighted by Crippen LogP contribution is -2.84. The van der Waals surface area contributed by atoms with E-state index in [0.717, 1.165) is 0 Å². The molecule has 0 aliphatic heterocycles. The molecule has 0 heterocycles. The van der Waals surface area contributed by atoms with Crippen LogP contribution < -0.4 is 5.32 Å². The summed E-state index contributed by atoms with van der Waals surface area (Å²) in [6, 6.07) is -0.0375. The Morgan fingerprint density at radius 2 is 2.36 bits per heavy atom. The van der Waals surface area contributed by atoms with Gasteiger partial charge in [-0.1, -0.05) is 0 Å². The molecule has 0 rings (SSSR count). The van der Waals surface area contributed by atoms with Gasteiger partial charge in [-0.15, -0.1) is 7.05 Å². The monoisotopic (exact) mass is 160 g/mol. The molecule has 0 aliphatic carbocycles. The van der Waals surface area contributed by atoms with E-state index in [1.807, 2.05) is 6.92 Å². The maximum absolute atomic E-state index is 11.0. The fourth-order valence-electron chi connectivity index (χ4n) is 0.755. The second-order valence-electron chi connectivity index (χ2n) is 2.11. The molecule has 0 fully saturated rings. The van der Waals surface area contributed by atoms with Crippen molar-refractivity contribution in [1.82, 2.24) is 4.90 Å². The van der Waals surface area contributed by atoms with Gasteiger partial charge in [-0.2, -0.15) is 0 Å². The molecule has 0 bridgehead atoms. The number of nitrogens with zero attached hydrogens (tertiary/aromatic N) is 1. The molecular formula is C7H16N2O2. The van der Waals surface area contributed by atoms with E-state index in [2.05, 4.69) is 7.05 Å². The summed E-state index contributed by atoms with van der Waals surface area (Å²) in [6.07, 6.45) is 0. The smallest absolute Gasteiger partial charge is 0.389 e. The molecule has 0 aliphatic rings. The maximum Gasteiger partial charge on any atom is 0.389 e. The van der Waals surface area contributed by atoms with Gasteiger partial charge in [0.2, 0.25) is 0 Å². The van der Waals surface area contributed by atoms with Crippen molar-refractivity contribution in [2.75, 3.05) is 26.8 Å². The zero-order chi connectivity index (χ0) is 8.69. The van der Waals surface area contributed by atoms with E-state index in [9.17, 15) is 4.79 Å². The van der Waals surface area contributed by atoms with E-state index in [1.54, 1.807) is 12.0 Å². The van der Waals surface area contributed by atoms with Gasteiger partial charge in [0.25, 0.3) is 0 Å². The molecule has 0 aromatic carbocycles. The summed E-state index contributed by atoms with van der Waals surface area (Å²) in [7, 11) is 5.02. The minimum atomic E-state index is -0.0375. The van der Waals surface area contributed by atoms with Crippen LogP contribution in [0.4, 0.5) is 4.79 Å². The number of amides is 2. The SMILES string of the molecule is [CH2-][NH2+]C(=O)N(CC)CCOC. The van der Waals surface area contributed by atoms with Crippen LogP contribution in [-0.4, -0.2) is 37.7 Å². The van der Waals surface area contributed by atoms with Gasteiger partial charge in [0.1, 0.15) is 0 Å². The molecule has 2 N–H and O–H groups in total.